The number of hydrogen-bond acceptors (Lipinski definition) is 3. The van der Waals surface area contributed by atoms with Gasteiger partial charge in [0.25, 0.3) is 0 Å². The highest BCUT2D eigenvalue weighted by atomic mass is 35.5. The van der Waals surface area contributed by atoms with Gasteiger partial charge in [-0.3, -0.25) is 0 Å². The Morgan fingerprint density at radius 1 is 0.875 bits per heavy atom. The summed E-state index contributed by atoms with van der Waals surface area (Å²) in [5.41, 5.74) is 1.57. The van der Waals surface area contributed by atoms with Gasteiger partial charge in [0, 0.05) is 11.1 Å². The number of ether oxygens (including phenoxy) is 1. The summed E-state index contributed by atoms with van der Waals surface area (Å²) in [6.45, 7) is 0. The van der Waals surface area contributed by atoms with Gasteiger partial charge in [-0.15, -0.1) is 0 Å². The fourth-order valence-corrected chi connectivity index (χ4v) is 2.61. The topological polar surface area (TPSA) is 38.7 Å². The molecule has 0 bridgehead atoms. The minimum atomic E-state index is -0.535. The highest BCUT2D eigenvalue weighted by Gasteiger charge is 2.21. The van der Waals surface area contributed by atoms with Crippen molar-refractivity contribution in [1.82, 2.24) is 0 Å². The molecule has 0 fully saturated rings. The van der Waals surface area contributed by atoms with Crippen molar-refractivity contribution in [2.75, 3.05) is 0 Å². The van der Waals surface area contributed by atoms with Crippen molar-refractivity contribution in [1.29, 1.82) is 0 Å². The molecule has 1 heterocycles. The Labute approximate surface area is 153 Å². The van der Waals surface area contributed by atoms with Gasteiger partial charge < -0.3 is 4.74 Å². The number of benzene rings is 2. The van der Waals surface area contributed by atoms with Crippen LogP contribution < -0.4 is 0 Å². The number of carbonyl (C=O) groups is 1. The first kappa shape index (κ1) is 16.8. The second-order valence-corrected chi connectivity index (χ2v) is 6.06. The molecule has 1 aliphatic heterocycles. The van der Waals surface area contributed by atoms with Crippen LogP contribution in [0.3, 0.4) is 0 Å². The molecular formula is C18H10Cl3NO2. The number of hydrogen-bond donors (Lipinski definition) is 0. The van der Waals surface area contributed by atoms with E-state index in [-0.39, 0.29) is 11.6 Å². The van der Waals surface area contributed by atoms with Crippen molar-refractivity contribution in [3.8, 4) is 0 Å². The minimum absolute atomic E-state index is 0.175. The molecule has 0 unspecified atom stereocenters. The van der Waals surface area contributed by atoms with Crippen LogP contribution in [-0.4, -0.2) is 11.9 Å². The highest BCUT2D eigenvalue weighted by Crippen LogP contribution is 2.27. The largest absolute Gasteiger partial charge is 0.403 e. The van der Waals surface area contributed by atoms with E-state index in [4.69, 9.17) is 39.5 Å². The third kappa shape index (κ3) is 3.70. The molecule has 0 atom stereocenters. The highest BCUT2D eigenvalue weighted by molar-refractivity contribution is 6.43. The van der Waals surface area contributed by atoms with Crippen LogP contribution in [0.2, 0.25) is 15.1 Å². The average Bonchev–Trinajstić information content (AvgIpc) is 2.91. The molecule has 0 aliphatic carbocycles. The van der Waals surface area contributed by atoms with E-state index in [0.717, 1.165) is 0 Å². The summed E-state index contributed by atoms with van der Waals surface area (Å²) in [6.07, 6.45) is 4.82. The summed E-state index contributed by atoms with van der Waals surface area (Å²) in [4.78, 5) is 16.1. The molecule has 0 radical (unpaired) electrons. The van der Waals surface area contributed by atoms with E-state index in [1.807, 2.05) is 12.1 Å². The molecule has 2 aromatic rings. The van der Waals surface area contributed by atoms with Crippen LogP contribution in [-0.2, 0) is 9.53 Å². The van der Waals surface area contributed by atoms with Gasteiger partial charge in [-0.2, -0.15) is 0 Å². The van der Waals surface area contributed by atoms with E-state index >= 15 is 0 Å². The second-order valence-electron chi connectivity index (χ2n) is 4.87. The maximum atomic E-state index is 11.9. The lowest BCUT2D eigenvalue weighted by atomic mass is 10.2. The maximum Gasteiger partial charge on any atom is 0.363 e. The van der Waals surface area contributed by atoms with E-state index in [1.165, 1.54) is 0 Å². The van der Waals surface area contributed by atoms with Crippen molar-refractivity contribution in [3.05, 3.63) is 80.4 Å². The Morgan fingerprint density at radius 3 is 2.38 bits per heavy atom. The zero-order chi connectivity index (χ0) is 17.1. The lowest BCUT2D eigenvalue weighted by Gasteiger charge is -1.99. The number of aliphatic imine (C=N–C) groups is 1. The molecule has 0 amide bonds. The first-order chi connectivity index (χ1) is 11.5. The summed E-state index contributed by atoms with van der Waals surface area (Å²) >= 11 is 18.1. The third-order valence-electron chi connectivity index (χ3n) is 3.22. The molecule has 24 heavy (non-hydrogen) atoms. The molecule has 0 N–H and O–H groups in total. The zero-order valence-electron chi connectivity index (χ0n) is 12.2. The first-order valence-corrected chi connectivity index (χ1v) is 8.07. The lowest BCUT2D eigenvalue weighted by Crippen LogP contribution is -2.01. The van der Waals surface area contributed by atoms with Crippen LogP contribution in [0.15, 0.2) is 59.2 Å². The Kier molecular flexibility index (Phi) is 5.05. The number of esters is 1. The van der Waals surface area contributed by atoms with Crippen molar-refractivity contribution in [3.63, 3.8) is 0 Å². The van der Waals surface area contributed by atoms with E-state index in [2.05, 4.69) is 4.99 Å². The van der Waals surface area contributed by atoms with Gasteiger partial charge in [-0.1, -0.05) is 65.1 Å². The fourth-order valence-electron chi connectivity index (χ4n) is 2.05. The van der Waals surface area contributed by atoms with E-state index in [9.17, 15) is 4.79 Å². The third-order valence-corrected chi connectivity index (χ3v) is 4.40. The Morgan fingerprint density at radius 2 is 1.58 bits per heavy atom. The molecular weight excluding hydrogens is 369 g/mol. The summed E-state index contributed by atoms with van der Waals surface area (Å²) in [5, 5.41) is 1.40. The molecule has 1 aliphatic rings. The average molecular weight is 379 g/mol. The van der Waals surface area contributed by atoms with Crippen LogP contribution in [0.1, 0.15) is 11.1 Å². The lowest BCUT2D eigenvalue weighted by molar-refractivity contribution is -0.129. The van der Waals surface area contributed by atoms with Crippen molar-refractivity contribution in [2.45, 2.75) is 0 Å². The van der Waals surface area contributed by atoms with E-state index < -0.39 is 5.97 Å². The summed E-state index contributed by atoms with van der Waals surface area (Å²) in [5.74, 6) is -0.360. The Hall–Kier alpha value is -2.07. The van der Waals surface area contributed by atoms with Gasteiger partial charge in [-0.25, -0.2) is 9.79 Å². The molecule has 6 heteroatoms. The monoisotopic (exact) mass is 377 g/mol. The Balaban J connectivity index is 1.86. The van der Waals surface area contributed by atoms with Crippen molar-refractivity contribution >= 4 is 58.8 Å². The van der Waals surface area contributed by atoms with Gasteiger partial charge in [0.05, 0.1) is 10.0 Å². The first-order valence-electron chi connectivity index (χ1n) is 6.94. The molecule has 0 aromatic heterocycles. The van der Waals surface area contributed by atoms with E-state index in [1.54, 1.807) is 48.6 Å². The standard InChI is InChI=1S/C18H10Cl3NO2/c19-13-6-2-1-4-12(13)10-15-18(23)24-16(22-15)9-8-11-5-3-7-14(20)17(11)21/h1-10H. The molecule has 120 valence electrons. The number of nitrogens with zero attached hydrogens (tertiary/aromatic N) is 1. The van der Waals surface area contributed by atoms with Crippen LogP contribution in [0.25, 0.3) is 12.2 Å². The second kappa shape index (κ2) is 7.22. The maximum absolute atomic E-state index is 11.9. The van der Waals surface area contributed by atoms with Gasteiger partial charge in [0.1, 0.15) is 0 Å². The number of cyclic esters (lactones) is 1. The number of rotatable bonds is 3. The Bertz CT molecular complexity index is 901. The zero-order valence-corrected chi connectivity index (χ0v) is 14.4. The molecule has 0 spiro atoms. The van der Waals surface area contributed by atoms with Crippen LogP contribution in [0, 0.1) is 0 Å². The van der Waals surface area contributed by atoms with Crippen LogP contribution in [0.5, 0.6) is 0 Å². The van der Waals surface area contributed by atoms with Crippen LogP contribution in [0.4, 0.5) is 0 Å². The van der Waals surface area contributed by atoms with Gasteiger partial charge in [-0.05, 0) is 35.4 Å². The summed E-state index contributed by atoms with van der Waals surface area (Å²) in [7, 11) is 0. The number of halogens is 3. The van der Waals surface area contributed by atoms with Crippen molar-refractivity contribution < 1.29 is 9.53 Å². The fraction of sp³-hybridized carbons (Fsp3) is 0. The predicted octanol–water partition coefficient (Wildman–Crippen LogP) is 5.66. The molecule has 0 saturated carbocycles. The van der Waals surface area contributed by atoms with Gasteiger partial charge in [0.2, 0.25) is 5.90 Å². The summed E-state index contributed by atoms with van der Waals surface area (Å²) in [6, 6.07) is 12.4. The van der Waals surface area contributed by atoms with Gasteiger partial charge >= 0.3 is 5.97 Å². The SMILES string of the molecule is O=C1OC(C=Cc2cccc(Cl)c2Cl)=NC1=Cc1ccccc1Cl. The quantitative estimate of drug-likeness (QED) is 0.511. The van der Waals surface area contributed by atoms with Gasteiger partial charge in [0.15, 0.2) is 5.70 Å². The molecule has 3 nitrogen and oxygen atoms in total. The van der Waals surface area contributed by atoms with Crippen molar-refractivity contribution in [2.24, 2.45) is 4.99 Å². The molecule has 3 rings (SSSR count). The molecule has 2 aromatic carbocycles. The normalized spacial score (nSPS) is 15.9. The minimum Gasteiger partial charge on any atom is -0.403 e. The predicted molar refractivity (Wildman–Crippen MR) is 98.5 cm³/mol. The van der Waals surface area contributed by atoms with Crippen LogP contribution >= 0.6 is 34.8 Å². The van der Waals surface area contributed by atoms with E-state index in [0.29, 0.717) is 26.2 Å². The number of carbonyl (C=O) groups excluding carboxylic acids is 1. The smallest absolute Gasteiger partial charge is 0.363 e. The summed E-state index contributed by atoms with van der Waals surface area (Å²) < 4.78 is 5.11. The molecule has 0 saturated heterocycles.